The molecule has 0 atom stereocenters. The van der Waals surface area contributed by atoms with Crippen LogP contribution in [0.2, 0.25) is 0 Å². The average Bonchev–Trinajstić information content (AvgIpc) is 3.72. The molecule has 8 aromatic rings. The van der Waals surface area contributed by atoms with E-state index in [-0.39, 0.29) is 6.10 Å². The number of fused-ring (bicyclic) bond motifs is 1. The SMILES string of the molecule is CCc1cc(OCc2ccc(-c3ccccc3-c3nnn(C(c4ccccc4)(c4ccccc4)c4ccccc4)n3)cc2)c2cc(OC(C)C)ccc2n1. The summed E-state index contributed by atoms with van der Waals surface area (Å²) in [4.78, 5) is 6.59. The van der Waals surface area contributed by atoms with Gasteiger partial charge in [0.05, 0.1) is 11.6 Å². The molecule has 0 N–H and O–H groups in total. The number of pyridine rings is 1. The molecule has 0 aliphatic carbocycles. The van der Waals surface area contributed by atoms with Gasteiger partial charge in [-0.05, 0) is 77.1 Å². The van der Waals surface area contributed by atoms with Gasteiger partial charge in [0.1, 0.15) is 18.1 Å². The van der Waals surface area contributed by atoms with Crippen LogP contribution in [0.4, 0.5) is 0 Å². The Morgan fingerprint density at radius 2 is 1.24 bits per heavy atom. The maximum absolute atomic E-state index is 6.46. The predicted octanol–water partition coefficient (Wildman–Crippen LogP) is 10.3. The van der Waals surface area contributed by atoms with Crippen molar-refractivity contribution in [1.29, 1.82) is 0 Å². The van der Waals surface area contributed by atoms with Crippen molar-refractivity contribution in [3.05, 3.63) is 192 Å². The van der Waals surface area contributed by atoms with Gasteiger partial charge in [0.25, 0.3) is 0 Å². The van der Waals surface area contributed by atoms with E-state index < -0.39 is 5.54 Å². The highest BCUT2D eigenvalue weighted by atomic mass is 16.5. The molecule has 0 radical (unpaired) electrons. The molecule has 0 aliphatic rings. The van der Waals surface area contributed by atoms with E-state index in [0.717, 1.165) is 73.5 Å². The van der Waals surface area contributed by atoms with Crippen LogP contribution in [0.5, 0.6) is 11.5 Å². The third-order valence-electron chi connectivity index (χ3n) is 9.64. The van der Waals surface area contributed by atoms with Gasteiger partial charge < -0.3 is 9.47 Å². The second-order valence-electron chi connectivity index (χ2n) is 13.6. The van der Waals surface area contributed by atoms with Crippen molar-refractivity contribution in [2.24, 2.45) is 0 Å². The van der Waals surface area contributed by atoms with Crippen LogP contribution in [0.1, 0.15) is 48.7 Å². The van der Waals surface area contributed by atoms with Gasteiger partial charge in [-0.3, -0.25) is 4.98 Å². The van der Waals surface area contributed by atoms with E-state index in [1.165, 1.54) is 0 Å². The number of aromatic nitrogens is 5. The summed E-state index contributed by atoms with van der Waals surface area (Å²) in [5, 5.41) is 15.6. The van der Waals surface area contributed by atoms with Crippen molar-refractivity contribution in [3.8, 4) is 34.0 Å². The quantitative estimate of drug-likeness (QED) is 0.118. The Bertz CT molecular complexity index is 2380. The predicted molar refractivity (Wildman–Crippen MR) is 215 cm³/mol. The fourth-order valence-corrected chi connectivity index (χ4v) is 7.09. The molecule has 7 nitrogen and oxygen atoms in total. The molecule has 0 bridgehead atoms. The van der Waals surface area contributed by atoms with Gasteiger partial charge in [0, 0.05) is 22.7 Å². The van der Waals surface area contributed by atoms with Crippen molar-refractivity contribution in [2.75, 3.05) is 0 Å². The van der Waals surface area contributed by atoms with E-state index in [1.807, 2.05) is 68.4 Å². The van der Waals surface area contributed by atoms with Crippen molar-refractivity contribution in [3.63, 3.8) is 0 Å². The first-order valence-corrected chi connectivity index (χ1v) is 18.4. The maximum Gasteiger partial charge on any atom is 0.205 e. The second kappa shape index (κ2) is 15.2. The number of aryl methyl sites for hydroxylation is 1. The normalized spacial score (nSPS) is 11.6. The van der Waals surface area contributed by atoms with Gasteiger partial charge in [-0.25, -0.2) is 0 Å². The number of tetrazole rings is 1. The molecule has 0 saturated heterocycles. The molecule has 0 amide bonds. The second-order valence-corrected chi connectivity index (χ2v) is 13.6. The first-order valence-electron chi connectivity index (χ1n) is 18.4. The summed E-state index contributed by atoms with van der Waals surface area (Å²) in [5.74, 6) is 2.14. The molecule has 54 heavy (non-hydrogen) atoms. The molecule has 0 aliphatic heterocycles. The van der Waals surface area contributed by atoms with Gasteiger partial charge in [-0.2, -0.15) is 0 Å². The minimum Gasteiger partial charge on any atom is -0.491 e. The van der Waals surface area contributed by atoms with Crippen LogP contribution in [-0.4, -0.2) is 31.3 Å². The molecule has 0 saturated carbocycles. The fraction of sp³-hybridized carbons (Fsp3) is 0.149. The lowest BCUT2D eigenvalue weighted by Crippen LogP contribution is -2.39. The van der Waals surface area contributed by atoms with Gasteiger partial charge in [0.15, 0.2) is 5.54 Å². The number of hydrogen-bond donors (Lipinski definition) is 0. The topological polar surface area (TPSA) is 75.0 Å². The van der Waals surface area contributed by atoms with Gasteiger partial charge in [0.2, 0.25) is 5.82 Å². The first kappa shape index (κ1) is 34.5. The summed E-state index contributed by atoms with van der Waals surface area (Å²) >= 11 is 0. The van der Waals surface area contributed by atoms with E-state index in [0.29, 0.717) is 12.4 Å². The minimum atomic E-state index is -0.854. The zero-order chi connectivity index (χ0) is 36.9. The van der Waals surface area contributed by atoms with Crippen molar-refractivity contribution >= 4 is 10.9 Å². The molecule has 2 heterocycles. The fourth-order valence-electron chi connectivity index (χ4n) is 7.09. The van der Waals surface area contributed by atoms with Crippen LogP contribution in [0.15, 0.2) is 164 Å². The number of ether oxygens (including phenoxy) is 2. The third kappa shape index (κ3) is 6.72. The van der Waals surface area contributed by atoms with Gasteiger partial charge in [-0.15, -0.1) is 15.0 Å². The lowest BCUT2D eigenvalue weighted by molar-refractivity contribution is 0.242. The van der Waals surface area contributed by atoms with Crippen LogP contribution in [0, 0.1) is 0 Å². The van der Waals surface area contributed by atoms with Crippen LogP contribution >= 0.6 is 0 Å². The van der Waals surface area contributed by atoms with Crippen molar-refractivity contribution < 1.29 is 9.47 Å². The van der Waals surface area contributed by atoms with Crippen molar-refractivity contribution in [1.82, 2.24) is 25.2 Å². The molecule has 0 spiro atoms. The number of hydrogen-bond acceptors (Lipinski definition) is 6. The molecule has 7 heteroatoms. The zero-order valence-electron chi connectivity index (χ0n) is 30.6. The molecule has 266 valence electrons. The molecular formula is C47H41N5O2. The number of nitrogens with zero attached hydrogens (tertiary/aromatic N) is 5. The summed E-state index contributed by atoms with van der Waals surface area (Å²) in [6, 6.07) is 55.9. The zero-order valence-corrected chi connectivity index (χ0v) is 30.6. The summed E-state index contributed by atoms with van der Waals surface area (Å²) in [6.45, 7) is 6.57. The highest BCUT2D eigenvalue weighted by molar-refractivity contribution is 5.86. The van der Waals surface area contributed by atoms with Crippen LogP contribution in [-0.2, 0) is 18.6 Å². The standard InChI is InChI=1S/C47H41N5O2/c1-4-39-30-45(43-31-40(54-33(2)3)28-29-44(43)48-39)53-32-34-24-26-35(27-25-34)41-22-14-15-23-42(41)46-49-51-52(50-46)47(36-16-8-5-9-17-36,37-18-10-6-11-19-37)38-20-12-7-13-21-38/h5-31,33H,4,32H2,1-3H3. The Kier molecular flexibility index (Phi) is 9.69. The first-order chi connectivity index (χ1) is 26.5. The molecule has 0 unspecified atom stereocenters. The molecule has 0 fully saturated rings. The maximum atomic E-state index is 6.46. The third-order valence-corrected chi connectivity index (χ3v) is 9.64. The average molecular weight is 708 g/mol. The molecular weight excluding hydrogens is 667 g/mol. The Labute approximate surface area is 315 Å². The molecule has 2 aromatic heterocycles. The highest BCUT2D eigenvalue weighted by Crippen LogP contribution is 2.40. The smallest absolute Gasteiger partial charge is 0.205 e. The van der Waals surface area contributed by atoms with E-state index >= 15 is 0 Å². The summed E-state index contributed by atoms with van der Waals surface area (Å²) in [7, 11) is 0. The van der Waals surface area contributed by atoms with Gasteiger partial charge in [-0.1, -0.05) is 146 Å². The van der Waals surface area contributed by atoms with Gasteiger partial charge >= 0.3 is 0 Å². The summed E-state index contributed by atoms with van der Waals surface area (Å²) in [5.41, 5.74) is 8.14. The molecule has 6 aromatic carbocycles. The summed E-state index contributed by atoms with van der Waals surface area (Å²) < 4.78 is 12.4. The lowest BCUT2D eigenvalue weighted by Gasteiger charge is -2.34. The largest absolute Gasteiger partial charge is 0.491 e. The van der Waals surface area contributed by atoms with Crippen molar-refractivity contribution in [2.45, 2.75) is 45.4 Å². The number of rotatable bonds is 12. The monoisotopic (exact) mass is 707 g/mol. The Hall–Kier alpha value is -6.60. The van der Waals surface area contributed by atoms with Crippen LogP contribution in [0.3, 0.4) is 0 Å². The van der Waals surface area contributed by atoms with Crippen LogP contribution < -0.4 is 9.47 Å². The highest BCUT2D eigenvalue weighted by Gasteiger charge is 2.41. The minimum absolute atomic E-state index is 0.0764. The molecule has 8 rings (SSSR count). The summed E-state index contributed by atoms with van der Waals surface area (Å²) in [6.07, 6.45) is 0.895. The van der Waals surface area contributed by atoms with E-state index in [4.69, 9.17) is 29.9 Å². The van der Waals surface area contributed by atoms with E-state index in [1.54, 1.807) is 4.80 Å². The Balaban J connectivity index is 1.12. The van der Waals surface area contributed by atoms with E-state index in [2.05, 4.69) is 116 Å². The number of benzene rings is 6. The Morgan fingerprint density at radius 1 is 0.648 bits per heavy atom. The lowest BCUT2D eigenvalue weighted by atomic mass is 9.77. The van der Waals surface area contributed by atoms with Crippen LogP contribution in [0.25, 0.3) is 33.4 Å². The Morgan fingerprint density at radius 3 is 1.83 bits per heavy atom. The van der Waals surface area contributed by atoms with E-state index in [9.17, 15) is 0 Å².